The van der Waals surface area contributed by atoms with Crippen LogP contribution in [-0.2, 0) is 7.05 Å². The van der Waals surface area contributed by atoms with E-state index in [-0.39, 0.29) is 0 Å². The molecule has 2 heterocycles. The molecule has 5 heteroatoms. The molecule has 0 aromatic carbocycles. The highest BCUT2D eigenvalue weighted by Crippen LogP contribution is 2.27. The molecule has 0 aliphatic heterocycles. The van der Waals surface area contributed by atoms with Crippen LogP contribution < -0.4 is 5.32 Å². The molecule has 0 radical (unpaired) electrons. The number of nitrogens with zero attached hydrogens (tertiary/aromatic N) is 4. The Morgan fingerprint density at radius 2 is 2.05 bits per heavy atom. The van der Waals surface area contributed by atoms with E-state index in [1.807, 2.05) is 20.0 Å². The summed E-state index contributed by atoms with van der Waals surface area (Å²) in [5.41, 5.74) is 3.14. The molecule has 0 aliphatic carbocycles. The number of rotatable bonds is 4. The summed E-state index contributed by atoms with van der Waals surface area (Å²) in [7, 11) is 1.90. The zero-order valence-corrected chi connectivity index (χ0v) is 12.2. The van der Waals surface area contributed by atoms with Crippen LogP contribution in [0.3, 0.4) is 0 Å². The molecule has 0 fully saturated rings. The van der Waals surface area contributed by atoms with Crippen molar-refractivity contribution in [3.63, 3.8) is 0 Å². The molecule has 2 aromatic rings. The molecular weight excluding hydrogens is 238 g/mol. The van der Waals surface area contributed by atoms with Crippen molar-refractivity contribution in [2.75, 3.05) is 11.9 Å². The molecule has 2 aromatic heterocycles. The molecule has 0 spiro atoms. The van der Waals surface area contributed by atoms with Gasteiger partial charge in [0, 0.05) is 31.0 Å². The Morgan fingerprint density at radius 3 is 2.58 bits per heavy atom. The van der Waals surface area contributed by atoms with Crippen LogP contribution in [0, 0.1) is 6.92 Å². The summed E-state index contributed by atoms with van der Waals surface area (Å²) in [4.78, 5) is 9.29. The van der Waals surface area contributed by atoms with Crippen LogP contribution in [0.25, 0.3) is 11.5 Å². The predicted molar refractivity (Wildman–Crippen MR) is 77.2 cm³/mol. The maximum atomic E-state index is 4.66. The van der Waals surface area contributed by atoms with Gasteiger partial charge in [-0.05, 0) is 25.8 Å². The van der Waals surface area contributed by atoms with Gasteiger partial charge in [0.1, 0.15) is 11.5 Å². The van der Waals surface area contributed by atoms with Gasteiger partial charge >= 0.3 is 0 Å². The van der Waals surface area contributed by atoms with Crippen molar-refractivity contribution in [3.8, 4) is 11.5 Å². The minimum Gasteiger partial charge on any atom is -0.370 e. The molecule has 5 nitrogen and oxygen atoms in total. The lowest BCUT2D eigenvalue weighted by molar-refractivity contribution is 0.766. The Kier molecular flexibility index (Phi) is 3.83. The van der Waals surface area contributed by atoms with Crippen molar-refractivity contribution in [1.82, 2.24) is 19.7 Å². The first-order chi connectivity index (χ1) is 9.04. The fourth-order valence-corrected chi connectivity index (χ4v) is 2.28. The second-order valence-corrected chi connectivity index (χ2v) is 4.92. The van der Waals surface area contributed by atoms with E-state index < -0.39 is 0 Å². The number of aryl methyl sites for hydroxylation is 2. The average molecular weight is 259 g/mol. The fourth-order valence-electron chi connectivity index (χ4n) is 2.28. The molecule has 1 N–H and O–H groups in total. The zero-order valence-electron chi connectivity index (χ0n) is 12.2. The third-order valence-electron chi connectivity index (χ3n) is 3.11. The van der Waals surface area contributed by atoms with Crippen LogP contribution in [0.5, 0.6) is 0 Å². The summed E-state index contributed by atoms with van der Waals surface area (Å²) in [6, 6.07) is 1.93. The molecule has 0 saturated heterocycles. The summed E-state index contributed by atoms with van der Waals surface area (Å²) in [6.07, 6.45) is 1.76. The summed E-state index contributed by atoms with van der Waals surface area (Å²) in [5, 5.41) is 7.51. The molecule has 0 bridgehead atoms. The molecule has 0 amide bonds. The van der Waals surface area contributed by atoms with Crippen molar-refractivity contribution in [3.05, 3.63) is 23.5 Å². The minimum atomic E-state index is 0.398. The third kappa shape index (κ3) is 2.59. The summed E-state index contributed by atoms with van der Waals surface area (Å²) >= 11 is 0. The van der Waals surface area contributed by atoms with Gasteiger partial charge in [-0.3, -0.25) is 4.68 Å². The van der Waals surface area contributed by atoms with E-state index in [1.54, 1.807) is 10.9 Å². The molecular formula is C14H21N5. The van der Waals surface area contributed by atoms with Crippen molar-refractivity contribution >= 4 is 5.82 Å². The van der Waals surface area contributed by atoms with Gasteiger partial charge in [0.2, 0.25) is 0 Å². The van der Waals surface area contributed by atoms with E-state index in [4.69, 9.17) is 0 Å². The third-order valence-corrected chi connectivity index (χ3v) is 3.11. The van der Waals surface area contributed by atoms with E-state index >= 15 is 0 Å². The smallest absolute Gasteiger partial charge is 0.180 e. The van der Waals surface area contributed by atoms with Gasteiger partial charge in [-0.1, -0.05) is 13.8 Å². The van der Waals surface area contributed by atoms with Crippen LogP contribution in [0.15, 0.2) is 12.3 Å². The van der Waals surface area contributed by atoms with Gasteiger partial charge in [0.25, 0.3) is 0 Å². The van der Waals surface area contributed by atoms with Crippen LogP contribution in [0.4, 0.5) is 5.82 Å². The number of hydrogen-bond acceptors (Lipinski definition) is 4. The Bertz CT molecular complexity index is 571. The van der Waals surface area contributed by atoms with Gasteiger partial charge < -0.3 is 5.32 Å². The highest BCUT2D eigenvalue weighted by Gasteiger charge is 2.16. The molecule has 102 valence electrons. The van der Waals surface area contributed by atoms with Gasteiger partial charge in [-0.2, -0.15) is 5.10 Å². The van der Waals surface area contributed by atoms with E-state index in [9.17, 15) is 0 Å². The van der Waals surface area contributed by atoms with Crippen molar-refractivity contribution < 1.29 is 0 Å². The topological polar surface area (TPSA) is 55.6 Å². The lowest BCUT2D eigenvalue weighted by atomic mass is 10.0. The maximum absolute atomic E-state index is 4.66. The minimum absolute atomic E-state index is 0.398. The quantitative estimate of drug-likeness (QED) is 0.917. The number of hydrogen-bond donors (Lipinski definition) is 1. The van der Waals surface area contributed by atoms with E-state index in [0.29, 0.717) is 5.92 Å². The Labute approximate surface area is 114 Å². The first-order valence-electron chi connectivity index (χ1n) is 6.65. The largest absolute Gasteiger partial charge is 0.370 e. The summed E-state index contributed by atoms with van der Waals surface area (Å²) in [5.74, 6) is 2.05. The Balaban J connectivity index is 2.57. The first-order valence-corrected chi connectivity index (χ1v) is 6.65. The molecule has 0 unspecified atom stereocenters. The van der Waals surface area contributed by atoms with Gasteiger partial charge in [-0.25, -0.2) is 9.97 Å². The predicted octanol–water partition coefficient (Wildman–Crippen LogP) is 2.74. The number of nitrogens with one attached hydrogen (secondary N) is 1. The van der Waals surface area contributed by atoms with Crippen molar-refractivity contribution in [2.45, 2.75) is 33.6 Å². The molecule has 19 heavy (non-hydrogen) atoms. The SMILES string of the molecule is CCNc1nc(-c2ccnn2C)nc(C)c1C(C)C. The van der Waals surface area contributed by atoms with E-state index in [0.717, 1.165) is 29.6 Å². The molecule has 0 saturated carbocycles. The monoisotopic (exact) mass is 259 g/mol. The summed E-state index contributed by atoms with van der Waals surface area (Å²) < 4.78 is 1.79. The number of aromatic nitrogens is 4. The van der Waals surface area contributed by atoms with Crippen LogP contribution in [0.2, 0.25) is 0 Å². The second kappa shape index (κ2) is 5.38. The lowest BCUT2D eigenvalue weighted by Crippen LogP contribution is -2.10. The average Bonchev–Trinajstić information content (AvgIpc) is 2.74. The molecule has 0 atom stereocenters. The van der Waals surface area contributed by atoms with Crippen LogP contribution in [-0.4, -0.2) is 26.3 Å². The molecule has 2 rings (SSSR count). The lowest BCUT2D eigenvalue weighted by Gasteiger charge is -2.16. The van der Waals surface area contributed by atoms with Crippen molar-refractivity contribution in [2.24, 2.45) is 7.05 Å². The van der Waals surface area contributed by atoms with Crippen molar-refractivity contribution in [1.29, 1.82) is 0 Å². The maximum Gasteiger partial charge on any atom is 0.180 e. The fraction of sp³-hybridized carbons (Fsp3) is 0.500. The van der Waals surface area contributed by atoms with Crippen LogP contribution >= 0.6 is 0 Å². The van der Waals surface area contributed by atoms with Gasteiger partial charge in [0.15, 0.2) is 5.82 Å². The van der Waals surface area contributed by atoms with E-state index in [1.165, 1.54) is 5.56 Å². The molecule has 0 aliphatic rings. The first kappa shape index (κ1) is 13.5. The Hall–Kier alpha value is -1.91. The normalized spacial score (nSPS) is 11.1. The van der Waals surface area contributed by atoms with E-state index in [2.05, 4.69) is 41.2 Å². The second-order valence-electron chi connectivity index (χ2n) is 4.92. The van der Waals surface area contributed by atoms with Gasteiger partial charge in [0.05, 0.1) is 0 Å². The van der Waals surface area contributed by atoms with Crippen LogP contribution in [0.1, 0.15) is 37.9 Å². The Morgan fingerprint density at radius 1 is 1.32 bits per heavy atom. The highest BCUT2D eigenvalue weighted by molar-refractivity contribution is 5.57. The summed E-state index contributed by atoms with van der Waals surface area (Å²) in [6.45, 7) is 9.29. The van der Waals surface area contributed by atoms with Gasteiger partial charge in [-0.15, -0.1) is 0 Å². The highest BCUT2D eigenvalue weighted by atomic mass is 15.3. The zero-order chi connectivity index (χ0) is 14.0. The standard InChI is InChI=1S/C14H21N5/c1-6-15-14-12(9(2)3)10(4)17-13(18-14)11-7-8-16-19(11)5/h7-9H,6H2,1-5H3,(H,15,17,18). The number of anilines is 1.